The van der Waals surface area contributed by atoms with Crippen molar-refractivity contribution in [2.45, 2.75) is 32.1 Å². The topological polar surface area (TPSA) is 55.2 Å². The minimum atomic E-state index is -0.589. The normalized spacial score (nSPS) is 16.5. The van der Waals surface area contributed by atoms with E-state index in [9.17, 15) is 14.5 Å². The molecule has 0 atom stereocenters. The van der Waals surface area contributed by atoms with Crippen molar-refractivity contribution in [3.63, 3.8) is 0 Å². The number of nitro groups is 1. The van der Waals surface area contributed by atoms with Crippen LogP contribution in [0, 0.1) is 21.8 Å². The van der Waals surface area contributed by atoms with Gasteiger partial charge in [0.2, 0.25) is 0 Å². The van der Waals surface area contributed by atoms with Gasteiger partial charge < -0.3 is 5.32 Å². The molecule has 0 aromatic heterocycles. The summed E-state index contributed by atoms with van der Waals surface area (Å²) in [6, 6.07) is 3.73. The number of rotatable bonds is 4. The molecule has 0 amide bonds. The third kappa shape index (κ3) is 3.18. The van der Waals surface area contributed by atoms with Crippen molar-refractivity contribution in [2.24, 2.45) is 5.92 Å². The number of hydrogen-bond acceptors (Lipinski definition) is 3. The molecule has 98 valence electrons. The van der Waals surface area contributed by atoms with Crippen molar-refractivity contribution >= 4 is 11.4 Å². The van der Waals surface area contributed by atoms with Crippen molar-refractivity contribution in [3.05, 3.63) is 34.1 Å². The molecule has 1 aliphatic carbocycles. The highest BCUT2D eigenvalue weighted by Crippen LogP contribution is 2.25. The summed E-state index contributed by atoms with van der Waals surface area (Å²) in [6.45, 7) is 0.745. The molecular formula is C13H17FN2O2. The molecule has 1 aromatic rings. The van der Waals surface area contributed by atoms with Crippen LogP contribution in [0.15, 0.2) is 18.2 Å². The summed E-state index contributed by atoms with van der Waals surface area (Å²) in [5, 5.41) is 13.5. The maximum atomic E-state index is 13.6. The average Bonchev–Trinajstić information content (AvgIpc) is 2.38. The summed E-state index contributed by atoms with van der Waals surface area (Å²) < 4.78 is 13.6. The molecule has 0 unspecified atom stereocenters. The number of non-ortho nitro benzene ring substituents is 1. The largest absolute Gasteiger partial charge is 0.382 e. The summed E-state index contributed by atoms with van der Waals surface area (Å²) in [6.07, 6.45) is 6.15. The first-order valence-electron chi connectivity index (χ1n) is 6.34. The van der Waals surface area contributed by atoms with Gasteiger partial charge in [0.25, 0.3) is 5.69 Å². The van der Waals surface area contributed by atoms with Crippen LogP contribution >= 0.6 is 0 Å². The molecule has 0 bridgehead atoms. The first kappa shape index (κ1) is 12.8. The van der Waals surface area contributed by atoms with Crippen LogP contribution in [-0.4, -0.2) is 11.5 Å². The van der Waals surface area contributed by atoms with Gasteiger partial charge in [0.15, 0.2) is 5.82 Å². The van der Waals surface area contributed by atoms with Crippen molar-refractivity contribution in [1.82, 2.24) is 0 Å². The van der Waals surface area contributed by atoms with Crippen molar-refractivity contribution in [1.29, 1.82) is 0 Å². The zero-order valence-electron chi connectivity index (χ0n) is 10.2. The van der Waals surface area contributed by atoms with Gasteiger partial charge in [0.1, 0.15) is 0 Å². The van der Waals surface area contributed by atoms with E-state index in [0.717, 1.165) is 12.6 Å². The Balaban J connectivity index is 1.94. The Morgan fingerprint density at radius 3 is 2.67 bits per heavy atom. The Bertz CT molecular complexity index is 431. The van der Waals surface area contributed by atoms with Crippen molar-refractivity contribution in [3.8, 4) is 0 Å². The van der Waals surface area contributed by atoms with Gasteiger partial charge in [-0.25, -0.2) is 4.39 Å². The molecule has 1 aromatic carbocycles. The van der Waals surface area contributed by atoms with Crippen LogP contribution in [0.1, 0.15) is 32.1 Å². The zero-order chi connectivity index (χ0) is 13.0. The van der Waals surface area contributed by atoms with E-state index in [2.05, 4.69) is 5.32 Å². The maximum Gasteiger partial charge on any atom is 0.272 e. The van der Waals surface area contributed by atoms with Gasteiger partial charge >= 0.3 is 0 Å². The predicted octanol–water partition coefficient (Wildman–Crippen LogP) is 3.73. The monoisotopic (exact) mass is 252 g/mol. The number of nitro benzene ring substituents is 1. The fourth-order valence-corrected chi connectivity index (χ4v) is 2.41. The Hall–Kier alpha value is -1.65. The lowest BCUT2D eigenvalue weighted by Gasteiger charge is -2.22. The highest BCUT2D eigenvalue weighted by molar-refractivity contribution is 5.50. The second-order valence-corrected chi connectivity index (χ2v) is 4.81. The van der Waals surface area contributed by atoms with E-state index in [1.807, 2.05) is 0 Å². The molecule has 1 fully saturated rings. The molecular weight excluding hydrogens is 235 g/mol. The molecule has 5 heteroatoms. The van der Waals surface area contributed by atoms with Gasteiger partial charge in [0, 0.05) is 12.6 Å². The minimum absolute atomic E-state index is 0.212. The Labute approximate surface area is 105 Å². The van der Waals surface area contributed by atoms with Crippen LogP contribution < -0.4 is 5.32 Å². The van der Waals surface area contributed by atoms with Crippen LogP contribution in [0.25, 0.3) is 0 Å². The lowest BCUT2D eigenvalue weighted by Crippen LogP contribution is -2.17. The van der Waals surface area contributed by atoms with E-state index in [0.29, 0.717) is 11.6 Å². The Kier molecular flexibility index (Phi) is 4.12. The summed E-state index contributed by atoms with van der Waals surface area (Å²) in [4.78, 5) is 9.90. The first-order chi connectivity index (χ1) is 8.66. The molecule has 1 aliphatic rings. The molecule has 0 spiro atoms. The van der Waals surface area contributed by atoms with Gasteiger partial charge in [-0.1, -0.05) is 19.3 Å². The van der Waals surface area contributed by atoms with Crippen LogP contribution in [0.3, 0.4) is 0 Å². The van der Waals surface area contributed by atoms with E-state index < -0.39 is 10.7 Å². The van der Waals surface area contributed by atoms with Gasteiger partial charge in [-0.15, -0.1) is 0 Å². The lowest BCUT2D eigenvalue weighted by molar-refractivity contribution is -0.385. The highest BCUT2D eigenvalue weighted by Gasteiger charge is 2.15. The zero-order valence-corrected chi connectivity index (χ0v) is 10.2. The van der Waals surface area contributed by atoms with Gasteiger partial charge in [-0.05, 0) is 24.8 Å². The molecule has 0 saturated heterocycles. The Morgan fingerprint density at radius 2 is 2.06 bits per heavy atom. The van der Waals surface area contributed by atoms with Crippen molar-refractivity contribution < 1.29 is 9.31 Å². The number of benzene rings is 1. The highest BCUT2D eigenvalue weighted by atomic mass is 19.1. The van der Waals surface area contributed by atoms with E-state index in [1.54, 1.807) is 0 Å². The number of nitrogens with zero attached hydrogens (tertiary/aromatic N) is 1. The molecule has 0 aliphatic heterocycles. The van der Waals surface area contributed by atoms with Gasteiger partial charge in [-0.2, -0.15) is 0 Å². The smallest absolute Gasteiger partial charge is 0.272 e. The average molecular weight is 252 g/mol. The molecule has 0 heterocycles. The molecule has 1 saturated carbocycles. The molecule has 1 N–H and O–H groups in total. The third-order valence-electron chi connectivity index (χ3n) is 3.47. The number of halogens is 1. The van der Waals surface area contributed by atoms with E-state index in [-0.39, 0.29) is 5.69 Å². The fraction of sp³-hybridized carbons (Fsp3) is 0.538. The minimum Gasteiger partial charge on any atom is -0.382 e. The van der Waals surface area contributed by atoms with Crippen LogP contribution in [0.5, 0.6) is 0 Å². The quantitative estimate of drug-likeness (QED) is 0.656. The van der Waals surface area contributed by atoms with E-state index in [4.69, 9.17) is 0 Å². The summed E-state index contributed by atoms with van der Waals surface area (Å²) >= 11 is 0. The summed E-state index contributed by atoms with van der Waals surface area (Å²) in [5.41, 5.74) is 0.141. The molecule has 2 rings (SSSR count). The predicted molar refractivity (Wildman–Crippen MR) is 68.1 cm³/mol. The van der Waals surface area contributed by atoms with E-state index >= 15 is 0 Å². The maximum absolute atomic E-state index is 13.6. The molecule has 0 radical (unpaired) electrons. The number of nitrogens with one attached hydrogen (secondary N) is 1. The summed E-state index contributed by atoms with van der Waals surface area (Å²) in [5.74, 6) is 0.0355. The van der Waals surface area contributed by atoms with Crippen LogP contribution in [0.4, 0.5) is 15.8 Å². The van der Waals surface area contributed by atoms with Crippen LogP contribution in [-0.2, 0) is 0 Å². The first-order valence-corrected chi connectivity index (χ1v) is 6.34. The molecule has 18 heavy (non-hydrogen) atoms. The standard InChI is InChI=1S/C13H17FN2O2/c14-12-8-11(16(17)18)6-7-13(12)15-9-10-4-2-1-3-5-10/h6-8,10,15H,1-5,9H2. The van der Waals surface area contributed by atoms with Gasteiger partial charge in [0.05, 0.1) is 16.7 Å². The van der Waals surface area contributed by atoms with E-state index in [1.165, 1.54) is 44.2 Å². The van der Waals surface area contributed by atoms with Crippen molar-refractivity contribution in [2.75, 3.05) is 11.9 Å². The number of anilines is 1. The van der Waals surface area contributed by atoms with Crippen LogP contribution in [0.2, 0.25) is 0 Å². The lowest BCUT2D eigenvalue weighted by atomic mass is 9.89. The number of hydrogen-bond donors (Lipinski definition) is 1. The second kappa shape index (κ2) is 5.80. The molecule has 4 nitrogen and oxygen atoms in total. The second-order valence-electron chi connectivity index (χ2n) is 4.81. The third-order valence-corrected chi connectivity index (χ3v) is 3.47. The summed E-state index contributed by atoms with van der Waals surface area (Å²) in [7, 11) is 0. The Morgan fingerprint density at radius 1 is 1.33 bits per heavy atom. The SMILES string of the molecule is O=[N+]([O-])c1ccc(NCC2CCCCC2)c(F)c1. The fourth-order valence-electron chi connectivity index (χ4n) is 2.41. The van der Waals surface area contributed by atoms with Gasteiger partial charge in [-0.3, -0.25) is 10.1 Å².